The van der Waals surface area contributed by atoms with Crippen LogP contribution in [0.1, 0.15) is 49.2 Å². The molecule has 0 bridgehead atoms. The van der Waals surface area contributed by atoms with Gasteiger partial charge in [-0.1, -0.05) is 19.8 Å². The minimum atomic E-state index is -0.362. The monoisotopic (exact) mass is 239 g/mol. The molecule has 1 aromatic heterocycles. The molecule has 0 fully saturated rings. The van der Waals surface area contributed by atoms with Gasteiger partial charge in [-0.3, -0.25) is 0 Å². The average Bonchev–Trinajstić information content (AvgIpc) is 2.81. The summed E-state index contributed by atoms with van der Waals surface area (Å²) in [5, 5.41) is 3.36. The molecule has 0 aromatic carbocycles. The SMILES string of the molecule is CCCCC(C)NCc1cc(C(=O)OC)co1. The molecule has 96 valence electrons. The van der Waals surface area contributed by atoms with Crippen molar-refractivity contribution in [2.45, 2.75) is 45.7 Å². The summed E-state index contributed by atoms with van der Waals surface area (Å²) >= 11 is 0. The highest BCUT2D eigenvalue weighted by atomic mass is 16.5. The predicted octanol–water partition coefficient (Wildman–Crippen LogP) is 2.73. The number of carbonyl (C=O) groups excluding carboxylic acids is 1. The first-order chi connectivity index (χ1) is 8.17. The molecule has 0 radical (unpaired) electrons. The first-order valence-corrected chi connectivity index (χ1v) is 6.06. The summed E-state index contributed by atoms with van der Waals surface area (Å²) < 4.78 is 9.89. The topological polar surface area (TPSA) is 51.5 Å². The van der Waals surface area contributed by atoms with Gasteiger partial charge in [-0.05, 0) is 19.4 Å². The molecule has 0 aliphatic rings. The number of esters is 1. The minimum absolute atomic E-state index is 0.362. The fourth-order valence-electron chi connectivity index (χ4n) is 1.59. The second-order valence-electron chi connectivity index (χ2n) is 4.22. The van der Waals surface area contributed by atoms with Crippen LogP contribution < -0.4 is 5.32 Å². The zero-order chi connectivity index (χ0) is 12.7. The summed E-state index contributed by atoms with van der Waals surface area (Å²) in [6.45, 7) is 4.98. The van der Waals surface area contributed by atoms with Crippen molar-refractivity contribution >= 4 is 5.97 Å². The zero-order valence-electron chi connectivity index (χ0n) is 10.8. The summed E-state index contributed by atoms with van der Waals surface area (Å²) in [5.74, 6) is 0.396. The number of nitrogens with one attached hydrogen (secondary N) is 1. The van der Waals surface area contributed by atoms with Crippen molar-refractivity contribution in [2.75, 3.05) is 7.11 Å². The number of furan rings is 1. The molecule has 4 nitrogen and oxygen atoms in total. The van der Waals surface area contributed by atoms with E-state index in [4.69, 9.17) is 4.42 Å². The molecule has 4 heteroatoms. The number of methoxy groups -OCH3 is 1. The molecule has 0 amide bonds. The molecule has 1 N–H and O–H groups in total. The van der Waals surface area contributed by atoms with E-state index in [1.165, 1.54) is 26.2 Å². The fraction of sp³-hybridized carbons (Fsp3) is 0.615. The van der Waals surface area contributed by atoms with Crippen molar-refractivity contribution in [1.82, 2.24) is 5.32 Å². The van der Waals surface area contributed by atoms with Crippen LogP contribution in [0.3, 0.4) is 0 Å². The maximum absolute atomic E-state index is 11.2. The van der Waals surface area contributed by atoms with Gasteiger partial charge in [0.25, 0.3) is 0 Å². The normalized spacial score (nSPS) is 12.4. The molecule has 0 aliphatic carbocycles. The molecule has 0 spiro atoms. The summed E-state index contributed by atoms with van der Waals surface area (Å²) in [5.41, 5.74) is 0.463. The Balaban J connectivity index is 2.36. The van der Waals surface area contributed by atoms with Crippen LogP contribution in [0, 0.1) is 0 Å². The molecular formula is C13H21NO3. The molecule has 1 unspecified atom stereocenters. The quantitative estimate of drug-likeness (QED) is 0.743. The number of ether oxygens (including phenoxy) is 1. The highest BCUT2D eigenvalue weighted by molar-refractivity contribution is 5.88. The minimum Gasteiger partial charge on any atom is -0.467 e. The highest BCUT2D eigenvalue weighted by Crippen LogP contribution is 2.09. The van der Waals surface area contributed by atoms with Gasteiger partial charge < -0.3 is 14.5 Å². The number of rotatable bonds is 7. The van der Waals surface area contributed by atoms with Crippen LogP contribution in [0.25, 0.3) is 0 Å². The maximum atomic E-state index is 11.2. The van der Waals surface area contributed by atoms with E-state index in [9.17, 15) is 4.79 Å². The third-order valence-corrected chi connectivity index (χ3v) is 2.69. The van der Waals surface area contributed by atoms with E-state index < -0.39 is 0 Å². The Labute approximate surface area is 102 Å². The van der Waals surface area contributed by atoms with E-state index in [1.807, 2.05) is 0 Å². The van der Waals surface area contributed by atoms with E-state index >= 15 is 0 Å². The number of hydrogen-bond acceptors (Lipinski definition) is 4. The molecular weight excluding hydrogens is 218 g/mol. The summed E-state index contributed by atoms with van der Waals surface area (Å²) in [6, 6.07) is 2.17. The maximum Gasteiger partial charge on any atom is 0.341 e. The van der Waals surface area contributed by atoms with Gasteiger partial charge in [0.2, 0.25) is 0 Å². The third kappa shape index (κ3) is 4.61. The van der Waals surface area contributed by atoms with Crippen LogP contribution in [0.5, 0.6) is 0 Å². The Kier molecular flexibility index (Phi) is 5.77. The molecule has 1 rings (SSSR count). The third-order valence-electron chi connectivity index (χ3n) is 2.69. The van der Waals surface area contributed by atoms with Gasteiger partial charge in [0.05, 0.1) is 19.2 Å². The summed E-state index contributed by atoms with van der Waals surface area (Å²) in [4.78, 5) is 11.2. The van der Waals surface area contributed by atoms with E-state index in [0.717, 1.165) is 12.2 Å². The Morgan fingerprint density at radius 1 is 1.59 bits per heavy atom. The van der Waals surface area contributed by atoms with Crippen molar-refractivity contribution in [2.24, 2.45) is 0 Å². The first-order valence-electron chi connectivity index (χ1n) is 6.06. The Morgan fingerprint density at radius 2 is 2.35 bits per heavy atom. The Morgan fingerprint density at radius 3 is 3.00 bits per heavy atom. The zero-order valence-corrected chi connectivity index (χ0v) is 10.8. The fourth-order valence-corrected chi connectivity index (χ4v) is 1.59. The number of hydrogen-bond donors (Lipinski definition) is 1. The van der Waals surface area contributed by atoms with Crippen molar-refractivity contribution < 1.29 is 13.9 Å². The second kappa shape index (κ2) is 7.12. The lowest BCUT2D eigenvalue weighted by atomic mass is 10.1. The van der Waals surface area contributed by atoms with Gasteiger partial charge in [0.1, 0.15) is 12.0 Å². The van der Waals surface area contributed by atoms with Gasteiger partial charge in [0, 0.05) is 6.04 Å². The van der Waals surface area contributed by atoms with E-state index in [-0.39, 0.29) is 5.97 Å². The Hall–Kier alpha value is -1.29. The van der Waals surface area contributed by atoms with E-state index in [2.05, 4.69) is 23.9 Å². The number of carbonyl (C=O) groups is 1. The molecule has 1 atom stereocenters. The van der Waals surface area contributed by atoms with E-state index in [0.29, 0.717) is 18.2 Å². The first kappa shape index (κ1) is 13.8. The van der Waals surface area contributed by atoms with Crippen LogP contribution in [0.15, 0.2) is 16.7 Å². The van der Waals surface area contributed by atoms with Crippen molar-refractivity contribution in [1.29, 1.82) is 0 Å². The molecule has 0 saturated carbocycles. The van der Waals surface area contributed by atoms with Gasteiger partial charge in [-0.25, -0.2) is 4.79 Å². The standard InChI is InChI=1S/C13H21NO3/c1-4-5-6-10(2)14-8-12-7-11(9-17-12)13(15)16-3/h7,9-10,14H,4-6,8H2,1-3H3. The molecule has 1 heterocycles. The lowest BCUT2D eigenvalue weighted by Gasteiger charge is -2.11. The predicted molar refractivity (Wildman–Crippen MR) is 65.9 cm³/mol. The average molecular weight is 239 g/mol. The van der Waals surface area contributed by atoms with Crippen LogP contribution >= 0.6 is 0 Å². The Bertz CT molecular complexity index is 346. The van der Waals surface area contributed by atoms with Crippen molar-refractivity contribution in [3.63, 3.8) is 0 Å². The molecule has 17 heavy (non-hydrogen) atoms. The lowest BCUT2D eigenvalue weighted by Crippen LogP contribution is -2.25. The molecule has 1 aromatic rings. The lowest BCUT2D eigenvalue weighted by molar-refractivity contribution is 0.0600. The van der Waals surface area contributed by atoms with Gasteiger partial charge >= 0.3 is 5.97 Å². The number of unbranched alkanes of at least 4 members (excludes halogenated alkanes) is 1. The van der Waals surface area contributed by atoms with Crippen LogP contribution in [-0.2, 0) is 11.3 Å². The summed E-state index contributed by atoms with van der Waals surface area (Å²) in [7, 11) is 1.36. The van der Waals surface area contributed by atoms with Crippen molar-refractivity contribution in [3.05, 3.63) is 23.7 Å². The van der Waals surface area contributed by atoms with Crippen LogP contribution in [0.2, 0.25) is 0 Å². The van der Waals surface area contributed by atoms with E-state index in [1.54, 1.807) is 6.07 Å². The van der Waals surface area contributed by atoms with Crippen LogP contribution in [-0.4, -0.2) is 19.1 Å². The molecule has 0 saturated heterocycles. The highest BCUT2D eigenvalue weighted by Gasteiger charge is 2.10. The van der Waals surface area contributed by atoms with Gasteiger partial charge in [0.15, 0.2) is 0 Å². The van der Waals surface area contributed by atoms with Gasteiger partial charge in [-0.15, -0.1) is 0 Å². The van der Waals surface area contributed by atoms with Crippen molar-refractivity contribution in [3.8, 4) is 0 Å². The molecule has 0 aliphatic heterocycles. The largest absolute Gasteiger partial charge is 0.467 e. The summed E-state index contributed by atoms with van der Waals surface area (Å²) in [6.07, 6.45) is 5.01. The second-order valence-corrected chi connectivity index (χ2v) is 4.22. The van der Waals surface area contributed by atoms with Gasteiger partial charge in [-0.2, -0.15) is 0 Å². The smallest absolute Gasteiger partial charge is 0.341 e. The van der Waals surface area contributed by atoms with Crippen LogP contribution in [0.4, 0.5) is 0 Å².